The molecule has 0 saturated heterocycles. The number of rotatable bonds is 11. The molecule has 0 aliphatic rings. The fourth-order valence-corrected chi connectivity index (χ4v) is 4.85. The number of aryl methyl sites for hydroxylation is 1. The summed E-state index contributed by atoms with van der Waals surface area (Å²) in [6, 6.07) is 32.4. The molecule has 38 heavy (non-hydrogen) atoms. The van der Waals surface area contributed by atoms with Gasteiger partial charge in [0.05, 0.1) is 12.3 Å². The van der Waals surface area contributed by atoms with Gasteiger partial charge < -0.3 is 14.3 Å². The molecular weight excluding hydrogens is 474 g/mol. The molecule has 5 heteroatoms. The number of carboxylic acids is 1. The number of hydrogen-bond acceptors (Lipinski definition) is 4. The summed E-state index contributed by atoms with van der Waals surface area (Å²) in [6.07, 6.45) is 2.20. The first-order chi connectivity index (χ1) is 18.5. The topological polar surface area (TPSA) is 72.6 Å². The number of ether oxygens (including phenoxy) is 1. The molecule has 0 saturated carbocycles. The fourth-order valence-electron chi connectivity index (χ4n) is 4.85. The van der Waals surface area contributed by atoms with Crippen molar-refractivity contribution in [2.24, 2.45) is 5.92 Å². The largest absolute Gasteiger partial charge is 0.493 e. The third-order valence-electron chi connectivity index (χ3n) is 6.77. The Balaban J connectivity index is 1.17. The predicted molar refractivity (Wildman–Crippen MR) is 149 cm³/mol. The summed E-state index contributed by atoms with van der Waals surface area (Å²) in [5.74, 6) is 1.45. The fraction of sp³-hybridized carbons (Fsp3) is 0.212. The van der Waals surface area contributed by atoms with Crippen molar-refractivity contribution in [3.05, 3.63) is 120 Å². The molecule has 1 N–H and O–H groups in total. The molecule has 0 radical (unpaired) electrons. The number of fused-ring (bicyclic) bond motifs is 1. The van der Waals surface area contributed by atoms with Gasteiger partial charge in [-0.1, -0.05) is 72.8 Å². The van der Waals surface area contributed by atoms with E-state index in [1.165, 1.54) is 10.8 Å². The van der Waals surface area contributed by atoms with Crippen LogP contribution in [0.3, 0.4) is 0 Å². The molecule has 192 valence electrons. The van der Waals surface area contributed by atoms with Gasteiger partial charge in [0.1, 0.15) is 11.5 Å². The number of nitrogens with zero attached hydrogens (tertiary/aromatic N) is 1. The van der Waals surface area contributed by atoms with E-state index < -0.39 is 5.97 Å². The van der Waals surface area contributed by atoms with E-state index in [0.29, 0.717) is 25.3 Å². The Hall–Kier alpha value is -4.38. The second-order valence-electron chi connectivity index (χ2n) is 9.68. The Morgan fingerprint density at radius 2 is 1.55 bits per heavy atom. The SMILES string of the molecule is Cc1oc(-c2ccccc2)nc1CCOc1ccc(CC(CC(=O)O)Cc2ccc3ccccc3c2)cc1. The number of aromatic nitrogens is 1. The maximum atomic E-state index is 11.6. The molecule has 0 aliphatic carbocycles. The third-order valence-corrected chi connectivity index (χ3v) is 6.77. The van der Waals surface area contributed by atoms with E-state index in [4.69, 9.17) is 9.15 Å². The zero-order valence-corrected chi connectivity index (χ0v) is 21.5. The molecule has 5 rings (SSSR count). The van der Waals surface area contributed by atoms with Crippen LogP contribution >= 0.6 is 0 Å². The van der Waals surface area contributed by atoms with Gasteiger partial charge >= 0.3 is 5.97 Å². The summed E-state index contributed by atoms with van der Waals surface area (Å²) >= 11 is 0. The molecule has 0 aliphatic heterocycles. The van der Waals surface area contributed by atoms with E-state index in [1.54, 1.807) is 0 Å². The van der Waals surface area contributed by atoms with Crippen molar-refractivity contribution in [3.8, 4) is 17.2 Å². The normalized spacial score (nSPS) is 11.9. The Morgan fingerprint density at radius 3 is 2.32 bits per heavy atom. The van der Waals surface area contributed by atoms with Crippen molar-refractivity contribution >= 4 is 16.7 Å². The molecule has 1 unspecified atom stereocenters. The lowest BCUT2D eigenvalue weighted by molar-refractivity contribution is -0.138. The molecule has 0 fully saturated rings. The lowest BCUT2D eigenvalue weighted by Gasteiger charge is -2.16. The molecule has 1 atom stereocenters. The van der Waals surface area contributed by atoms with E-state index >= 15 is 0 Å². The van der Waals surface area contributed by atoms with E-state index in [9.17, 15) is 9.90 Å². The van der Waals surface area contributed by atoms with Gasteiger partial charge in [-0.2, -0.15) is 0 Å². The van der Waals surface area contributed by atoms with Gasteiger partial charge in [-0.3, -0.25) is 4.79 Å². The van der Waals surface area contributed by atoms with E-state index in [0.717, 1.165) is 40.3 Å². The zero-order chi connectivity index (χ0) is 26.3. The van der Waals surface area contributed by atoms with Crippen LogP contribution in [-0.2, 0) is 24.1 Å². The van der Waals surface area contributed by atoms with Crippen LogP contribution in [0, 0.1) is 12.8 Å². The molecule has 0 spiro atoms. The maximum Gasteiger partial charge on any atom is 0.303 e. The first-order valence-corrected chi connectivity index (χ1v) is 13.0. The van der Waals surface area contributed by atoms with Crippen molar-refractivity contribution in [2.45, 2.75) is 32.6 Å². The van der Waals surface area contributed by atoms with Crippen LogP contribution in [0.1, 0.15) is 29.0 Å². The van der Waals surface area contributed by atoms with Crippen LogP contribution in [0.25, 0.3) is 22.2 Å². The molecule has 4 aromatic carbocycles. The number of benzene rings is 4. The van der Waals surface area contributed by atoms with Crippen LogP contribution in [-0.4, -0.2) is 22.7 Å². The lowest BCUT2D eigenvalue weighted by atomic mass is 9.89. The summed E-state index contributed by atoms with van der Waals surface area (Å²) in [5, 5.41) is 11.9. The van der Waals surface area contributed by atoms with Crippen LogP contribution in [0.4, 0.5) is 0 Å². The summed E-state index contributed by atoms with van der Waals surface area (Å²) in [7, 11) is 0. The minimum Gasteiger partial charge on any atom is -0.493 e. The van der Waals surface area contributed by atoms with Crippen molar-refractivity contribution in [3.63, 3.8) is 0 Å². The summed E-state index contributed by atoms with van der Waals surface area (Å²) in [6.45, 7) is 2.42. The quantitative estimate of drug-likeness (QED) is 0.204. The van der Waals surface area contributed by atoms with E-state index in [1.807, 2.05) is 73.7 Å². The molecule has 5 aromatic rings. The highest BCUT2D eigenvalue weighted by Gasteiger charge is 2.16. The van der Waals surface area contributed by atoms with Crippen LogP contribution in [0.2, 0.25) is 0 Å². The number of oxazole rings is 1. The predicted octanol–water partition coefficient (Wildman–Crippen LogP) is 7.30. The smallest absolute Gasteiger partial charge is 0.303 e. The Morgan fingerprint density at radius 1 is 0.868 bits per heavy atom. The van der Waals surface area contributed by atoms with Gasteiger partial charge in [-0.25, -0.2) is 4.98 Å². The Labute approximate surface area is 222 Å². The monoisotopic (exact) mass is 505 g/mol. The van der Waals surface area contributed by atoms with Crippen LogP contribution in [0.15, 0.2) is 101 Å². The van der Waals surface area contributed by atoms with E-state index in [2.05, 4.69) is 35.3 Å². The van der Waals surface area contributed by atoms with Crippen molar-refractivity contribution in [2.75, 3.05) is 6.61 Å². The molecule has 0 bridgehead atoms. The van der Waals surface area contributed by atoms with Gasteiger partial charge in [0, 0.05) is 18.4 Å². The standard InChI is InChI=1S/C33H31NO4/c1-23-31(34-33(38-23)28-8-3-2-4-9-28)17-18-37-30-15-12-24(13-16-30)19-26(22-32(35)36)20-25-11-14-27-7-5-6-10-29(27)21-25/h2-16,21,26H,17-20,22H2,1H3,(H,35,36). The van der Waals surface area contributed by atoms with Gasteiger partial charge in [-0.05, 0) is 71.8 Å². The first kappa shape index (κ1) is 25.3. The first-order valence-electron chi connectivity index (χ1n) is 13.0. The van der Waals surface area contributed by atoms with Gasteiger partial charge in [-0.15, -0.1) is 0 Å². The second-order valence-corrected chi connectivity index (χ2v) is 9.68. The van der Waals surface area contributed by atoms with Crippen molar-refractivity contribution < 1.29 is 19.1 Å². The average Bonchev–Trinajstić information content (AvgIpc) is 3.30. The maximum absolute atomic E-state index is 11.6. The van der Waals surface area contributed by atoms with Gasteiger partial charge in [0.15, 0.2) is 0 Å². The highest BCUT2D eigenvalue weighted by atomic mass is 16.5. The lowest BCUT2D eigenvalue weighted by Crippen LogP contribution is -2.13. The second kappa shape index (κ2) is 11.8. The molecule has 1 aromatic heterocycles. The highest BCUT2D eigenvalue weighted by Crippen LogP contribution is 2.24. The third kappa shape index (κ3) is 6.48. The van der Waals surface area contributed by atoms with Gasteiger partial charge in [0.25, 0.3) is 0 Å². The summed E-state index contributed by atoms with van der Waals surface area (Å²) in [5.41, 5.74) is 4.11. The summed E-state index contributed by atoms with van der Waals surface area (Å²) < 4.78 is 11.8. The molecule has 0 amide bonds. The Kier molecular flexibility index (Phi) is 7.84. The van der Waals surface area contributed by atoms with Crippen LogP contribution < -0.4 is 4.74 Å². The molecule has 1 heterocycles. The van der Waals surface area contributed by atoms with E-state index in [-0.39, 0.29) is 12.3 Å². The number of carbonyl (C=O) groups is 1. The Bertz CT molecular complexity index is 1510. The van der Waals surface area contributed by atoms with Crippen LogP contribution in [0.5, 0.6) is 5.75 Å². The number of carboxylic acid groups (broad SMARTS) is 1. The zero-order valence-electron chi connectivity index (χ0n) is 21.5. The minimum absolute atomic E-state index is 0.00869. The summed E-state index contributed by atoms with van der Waals surface area (Å²) in [4.78, 5) is 16.2. The van der Waals surface area contributed by atoms with Crippen molar-refractivity contribution in [1.82, 2.24) is 4.98 Å². The number of aliphatic carboxylic acids is 1. The average molecular weight is 506 g/mol. The minimum atomic E-state index is -0.769. The van der Waals surface area contributed by atoms with Crippen molar-refractivity contribution in [1.29, 1.82) is 0 Å². The molecule has 5 nitrogen and oxygen atoms in total. The highest BCUT2D eigenvalue weighted by molar-refractivity contribution is 5.83. The molecular formula is C33H31NO4. The number of hydrogen-bond donors (Lipinski definition) is 1. The van der Waals surface area contributed by atoms with Gasteiger partial charge in [0.2, 0.25) is 5.89 Å².